The molecule has 0 atom stereocenters. The van der Waals surface area contributed by atoms with E-state index in [1.54, 1.807) is 23.5 Å². The van der Waals surface area contributed by atoms with Crippen molar-refractivity contribution in [2.45, 2.75) is 31.5 Å². The number of aliphatic hydroxyl groups excluding tert-OH is 1. The van der Waals surface area contributed by atoms with Gasteiger partial charge >= 0.3 is 0 Å². The van der Waals surface area contributed by atoms with Gasteiger partial charge in [0.15, 0.2) is 0 Å². The Morgan fingerprint density at radius 2 is 2.05 bits per heavy atom. The average molecular weight is 278 g/mol. The highest BCUT2D eigenvalue weighted by molar-refractivity contribution is 7.13. The van der Waals surface area contributed by atoms with Crippen molar-refractivity contribution in [3.8, 4) is 10.6 Å². The first-order chi connectivity index (χ1) is 9.20. The first-order valence-electron chi connectivity index (χ1n) is 6.32. The Morgan fingerprint density at radius 1 is 1.32 bits per heavy atom. The second-order valence-corrected chi connectivity index (χ2v) is 5.71. The van der Waals surface area contributed by atoms with Gasteiger partial charge < -0.3 is 10.4 Å². The molecular weight excluding hydrogens is 263 g/mol. The third-order valence-electron chi connectivity index (χ3n) is 3.33. The third kappa shape index (κ3) is 3.00. The van der Waals surface area contributed by atoms with Crippen LogP contribution in [0.5, 0.6) is 0 Å². The van der Waals surface area contributed by atoms with Gasteiger partial charge in [0, 0.05) is 23.5 Å². The van der Waals surface area contributed by atoms with E-state index in [2.05, 4.69) is 10.3 Å². The maximum atomic E-state index is 12.8. The van der Waals surface area contributed by atoms with Crippen LogP contribution in [0.3, 0.4) is 0 Å². The normalized spacial score (nSPS) is 22.2. The monoisotopic (exact) mass is 278 g/mol. The predicted octanol–water partition coefficient (Wildman–Crippen LogP) is 2.56. The molecule has 0 aliphatic heterocycles. The summed E-state index contributed by atoms with van der Waals surface area (Å²) in [6.07, 6.45) is 1.52. The first kappa shape index (κ1) is 12.7. The number of halogens is 1. The first-order valence-corrected chi connectivity index (χ1v) is 7.20. The van der Waals surface area contributed by atoms with Crippen LogP contribution < -0.4 is 5.32 Å². The number of nitrogens with one attached hydrogen (secondary N) is 1. The smallest absolute Gasteiger partial charge is 0.123 e. The van der Waals surface area contributed by atoms with E-state index in [1.165, 1.54) is 12.1 Å². The molecule has 0 radical (unpaired) electrons. The fraction of sp³-hybridized carbons (Fsp3) is 0.357. The summed E-state index contributed by atoms with van der Waals surface area (Å²) in [7, 11) is 0. The molecule has 1 aromatic heterocycles. The minimum Gasteiger partial charge on any atom is -0.393 e. The summed E-state index contributed by atoms with van der Waals surface area (Å²) in [5.41, 5.74) is 1.93. The molecule has 0 saturated heterocycles. The molecular formula is C14H15FN2OS. The van der Waals surface area contributed by atoms with Gasteiger partial charge in [-0.1, -0.05) is 0 Å². The van der Waals surface area contributed by atoms with Crippen LogP contribution in [-0.4, -0.2) is 22.2 Å². The molecule has 0 spiro atoms. The third-order valence-corrected chi connectivity index (χ3v) is 4.27. The molecule has 1 aliphatic rings. The van der Waals surface area contributed by atoms with Gasteiger partial charge in [-0.05, 0) is 37.1 Å². The molecule has 1 heterocycles. The average Bonchev–Trinajstić information content (AvgIpc) is 2.83. The SMILES string of the molecule is OC1CC(NCc2csc(-c3ccc(F)cc3)n2)C1. The second kappa shape index (κ2) is 5.36. The molecule has 100 valence electrons. The Balaban J connectivity index is 1.61. The van der Waals surface area contributed by atoms with E-state index in [9.17, 15) is 9.50 Å². The Hall–Kier alpha value is -1.30. The van der Waals surface area contributed by atoms with Gasteiger partial charge in [-0.3, -0.25) is 0 Å². The van der Waals surface area contributed by atoms with Gasteiger partial charge in [0.2, 0.25) is 0 Å². The lowest BCUT2D eigenvalue weighted by molar-refractivity contribution is 0.0618. The molecule has 0 unspecified atom stereocenters. The summed E-state index contributed by atoms with van der Waals surface area (Å²) >= 11 is 1.56. The number of hydrogen-bond donors (Lipinski definition) is 2. The molecule has 1 aliphatic carbocycles. The van der Waals surface area contributed by atoms with Crippen molar-refractivity contribution in [2.75, 3.05) is 0 Å². The lowest BCUT2D eigenvalue weighted by atomic mass is 9.89. The summed E-state index contributed by atoms with van der Waals surface area (Å²) in [4.78, 5) is 4.53. The van der Waals surface area contributed by atoms with Crippen LogP contribution in [0.1, 0.15) is 18.5 Å². The zero-order valence-corrected chi connectivity index (χ0v) is 11.2. The molecule has 5 heteroatoms. The lowest BCUT2D eigenvalue weighted by Gasteiger charge is -2.31. The molecule has 2 aromatic rings. The standard InChI is InChI=1S/C14H15FN2OS/c15-10-3-1-9(2-4-10)14-17-12(8-19-14)7-16-11-5-13(18)6-11/h1-4,8,11,13,16,18H,5-7H2. The Bertz CT molecular complexity index is 549. The maximum absolute atomic E-state index is 12.8. The molecule has 3 nitrogen and oxygen atoms in total. The molecule has 19 heavy (non-hydrogen) atoms. The number of benzene rings is 1. The maximum Gasteiger partial charge on any atom is 0.123 e. The minimum absolute atomic E-state index is 0.136. The summed E-state index contributed by atoms with van der Waals surface area (Å²) in [6.45, 7) is 0.717. The van der Waals surface area contributed by atoms with Crippen LogP contribution in [0.2, 0.25) is 0 Å². The molecule has 1 aromatic carbocycles. The Labute approximate surface area is 115 Å². The number of aromatic nitrogens is 1. The molecule has 1 saturated carbocycles. The second-order valence-electron chi connectivity index (χ2n) is 4.85. The fourth-order valence-corrected chi connectivity index (χ4v) is 2.94. The van der Waals surface area contributed by atoms with E-state index >= 15 is 0 Å². The Morgan fingerprint density at radius 3 is 2.74 bits per heavy atom. The van der Waals surface area contributed by atoms with E-state index < -0.39 is 0 Å². The van der Waals surface area contributed by atoms with Crippen molar-refractivity contribution < 1.29 is 9.50 Å². The number of thiazole rings is 1. The van der Waals surface area contributed by atoms with Crippen molar-refractivity contribution in [3.05, 3.63) is 41.2 Å². The van der Waals surface area contributed by atoms with Gasteiger partial charge in [0.05, 0.1) is 11.8 Å². The van der Waals surface area contributed by atoms with Gasteiger partial charge in [0.1, 0.15) is 10.8 Å². The predicted molar refractivity (Wildman–Crippen MR) is 73.4 cm³/mol. The van der Waals surface area contributed by atoms with E-state index in [-0.39, 0.29) is 11.9 Å². The molecule has 0 amide bonds. The largest absolute Gasteiger partial charge is 0.393 e. The van der Waals surface area contributed by atoms with Crippen molar-refractivity contribution >= 4 is 11.3 Å². The van der Waals surface area contributed by atoms with Crippen molar-refractivity contribution in [2.24, 2.45) is 0 Å². The summed E-state index contributed by atoms with van der Waals surface area (Å²) < 4.78 is 12.8. The van der Waals surface area contributed by atoms with Crippen LogP contribution in [0.15, 0.2) is 29.6 Å². The van der Waals surface area contributed by atoms with E-state index in [0.717, 1.165) is 35.7 Å². The number of hydrogen-bond acceptors (Lipinski definition) is 4. The lowest BCUT2D eigenvalue weighted by Crippen LogP contribution is -2.43. The topological polar surface area (TPSA) is 45.1 Å². The number of aliphatic hydroxyl groups is 1. The van der Waals surface area contributed by atoms with Gasteiger partial charge in [-0.15, -0.1) is 11.3 Å². The highest BCUT2D eigenvalue weighted by Gasteiger charge is 2.26. The molecule has 2 N–H and O–H groups in total. The summed E-state index contributed by atoms with van der Waals surface area (Å²) in [5, 5.41) is 15.5. The number of nitrogens with zero attached hydrogens (tertiary/aromatic N) is 1. The van der Waals surface area contributed by atoms with Crippen molar-refractivity contribution in [1.82, 2.24) is 10.3 Å². The zero-order chi connectivity index (χ0) is 13.2. The Kier molecular flexibility index (Phi) is 3.59. The molecule has 1 fully saturated rings. The summed E-state index contributed by atoms with van der Waals surface area (Å²) in [6, 6.07) is 6.79. The number of rotatable bonds is 4. The summed E-state index contributed by atoms with van der Waals surface area (Å²) in [5.74, 6) is -0.231. The van der Waals surface area contributed by atoms with E-state index in [4.69, 9.17) is 0 Å². The van der Waals surface area contributed by atoms with Crippen LogP contribution in [0.25, 0.3) is 10.6 Å². The highest BCUT2D eigenvalue weighted by Crippen LogP contribution is 2.24. The van der Waals surface area contributed by atoms with E-state index in [0.29, 0.717) is 6.04 Å². The quantitative estimate of drug-likeness (QED) is 0.903. The van der Waals surface area contributed by atoms with Crippen LogP contribution in [0.4, 0.5) is 4.39 Å². The minimum atomic E-state index is -0.231. The van der Waals surface area contributed by atoms with Gasteiger partial charge in [0.25, 0.3) is 0 Å². The van der Waals surface area contributed by atoms with E-state index in [1.807, 2.05) is 5.38 Å². The van der Waals surface area contributed by atoms with Gasteiger partial charge in [-0.2, -0.15) is 0 Å². The van der Waals surface area contributed by atoms with Crippen molar-refractivity contribution in [1.29, 1.82) is 0 Å². The van der Waals surface area contributed by atoms with Crippen LogP contribution in [-0.2, 0) is 6.54 Å². The highest BCUT2D eigenvalue weighted by atomic mass is 32.1. The fourth-order valence-electron chi connectivity index (χ4n) is 2.12. The van der Waals surface area contributed by atoms with Gasteiger partial charge in [-0.25, -0.2) is 9.37 Å². The van der Waals surface area contributed by atoms with Crippen LogP contribution >= 0.6 is 11.3 Å². The zero-order valence-electron chi connectivity index (χ0n) is 10.3. The van der Waals surface area contributed by atoms with Crippen molar-refractivity contribution in [3.63, 3.8) is 0 Å². The van der Waals surface area contributed by atoms with Crippen LogP contribution in [0, 0.1) is 5.82 Å². The molecule has 0 bridgehead atoms. The molecule has 3 rings (SSSR count).